The van der Waals surface area contributed by atoms with Gasteiger partial charge in [0.05, 0.1) is 18.7 Å². The Bertz CT molecular complexity index is 967. The van der Waals surface area contributed by atoms with Crippen molar-refractivity contribution in [2.75, 3.05) is 26.8 Å². The van der Waals surface area contributed by atoms with Gasteiger partial charge in [-0.15, -0.1) is 0 Å². The number of methoxy groups -OCH3 is 1. The molecule has 2 aliphatic rings. The second-order valence-corrected chi connectivity index (χ2v) is 8.16. The van der Waals surface area contributed by atoms with Gasteiger partial charge in [0, 0.05) is 55.7 Å². The molecule has 2 fully saturated rings. The van der Waals surface area contributed by atoms with Crippen molar-refractivity contribution in [3.05, 3.63) is 36.0 Å². The van der Waals surface area contributed by atoms with Gasteiger partial charge in [-0.1, -0.05) is 25.1 Å². The minimum Gasteiger partial charge on any atom is -0.383 e. The number of benzene rings is 1. The van der Waals surface area contributed by atoms with Gasteiger partial charge in [0.1, 0.15) is 6.54 Å². The standard InChI is InChI=1S/C23H29N3O4/c1-3-6-21(27)17-14-24(18-8-5-4-7-16(17)18)15-23(29)25-10-9-19-20(25)13-22(28)26(19)11-12-30-2/h4-5,7-8,14,19-20H,3,6,9-13,15H2,1-2H3/t19-,20-/m0/s1. The molecule has 2 aliphatic heterocycles. The van der Waals surface area contributed by atoms with E-state index >= 15 is 0 Å². The summed E-state index contributed by atoms with van der Waals surface area (Å²) in [6, 6.07) is 7.75. The molecule has 0 bridgehead atoms. The van der Waals surface area contributed by atoms with Crippen LogP contribution in [-0.4, -0.2) is 70.9 Å². The van der Waals surface area contributed by atoms with Gasteiger partial charge in [-0.3, -0.25) is 14.4 Å². The lowest BCUT2D eigenvalue weighted by molar-refractivity contribution is -0.132. The molecule has 2 atom stereocenters. The van der Waals surface area contributed by atoms with E-state index in [2.05, 4.69) is 0 Å². The Morgan fingerprint density at radius 3 is 2.77 bits per heavy atom. The lowest BCUT2D eigenvalue weighted by Crippen LogP contribution is -2.41. The summed E-state index contributed by atoms with van der Waals surface area (Å²) in [4.78, 5) is 41.9. The van der Waals surface area contributed by atoms with Crippen LogP contribution < -0.4 is 0 Å². The Labute approximate surface area is 176 Å². The van der Waals surface area contributed by atoms with Gasteiger partial charge in [-0.2, -0.15) is 0 Å². The third-order valence-corrected chi connectivity index (χ3v) is 6.34. The smallest absolute Gasteiger partial charge is 0.242 e. The van der Waals surface area contributed by atoms with Crippen molar-refractivity contribution in [3.8, 4) is 0 Å². The molecule has 2 saturated heterocycles. The Morgan fingerprint density at radius 1 is 1.20 bits per heavy atom. The summed E-state index contributed by atoms with van der Waals surface area (Å²) in [5.41, 5.74) is 1.58. The summed E-state index contributed by atoms with van der Waals surface area (Å²) >= 11 is 0. The fourth-order valence-corrected chi connectivity index (χ4v) is 4.92. The van der Waals surface area contributed by atoms with Crippen LogP contribution in [0.1, 0.15) is 43.0 Å². The minimum absolute atomic E-state index is 0.000801. The van der Waals surface area contributed by atoms with Crippen LogP contribution in [0.4, 0.5) is 0 Å². The normalized spacial score (nSPS) is 20.9. The second-order valence-electron chi connectivity index (χ2n) is 8.16. The molecule has 0 radical (unpaired) electrons. The van der Waals surface area contributed by atoms with Crippen molar-refractivity contribution in [2.45, 2.75) is 51.2 Å². The molecule has 0 saturated carbocycles. The van der Waals surface area contributed by atoms with Crippen molar-refractivity contribution >= 4 is 28.5 Å². The first-order valence-corrected chi connectivity index (χ1v) is 10.7. The maximum atomic E-state index is 13.2. The molecule has 0 aliphatic carbocycles. The molecule has 0 N–H and O–H groups in total. The zero-order valence-corrected chi connectivity index (χ0v) is 17.7. The molecule has 160 valence electrons. The van der Waals surface area contributed by atoms with Gasteiger partial charge in [-0.05, 0) is 18.9 Å². The van der Waals surface area contributed by atoms with Crippen molar-refractivity contribution in [2.24, 2.45) is 0 Å². The predicted octanol–water partition coefficient (Wildman–Crippen LogP) is 2.47. The topological polar surface area (TPSA) is 71.9 Å². The molecule has 2 aromatic rings. The molecule has 0 spiro atoms. The van der Waals surface area contributed by atoms with E-state index in [1.54, 1.807) is 7.11 Å². The molecule has 1 aromatic heterocycles. The maximum absolute atomic E-state index is 13.2. The molecule has 1 aromatic carbocycles. The van der Waals surface area contributed by atoms with Crippen LogP contribution >= 0.6 is 0 Å². The zero-order valence-electron chi connectivity index (χ0n) is 17.7. The van der Waals surface area contributed by atoms with E-state index in [1.165, 1.54) is 0 Å². The molecule has 0 unspecified atom stereocenters. The average Bonchev–Trinajstić information content (AvgIpc) is 3.39. The minimum atomic E-state index is -0.0649. The molecular formula is C23H29N3O4. The average molecular weight is 412 g/mol. The monoisotopic (exact) mass is 411 g/mol. The van der Waals surface area contributed by atoms with Crippen molar-refractivity contribution < 1.29 is 19.1 Å². The van der Waals surface area contributed by atoms with Crippen LogP contribution in [0.5, 0.6) is 0 Å². The molecule has 7 nitrogen and oxygen atoms in total. The van der Waals surface area contributed by atoms with Gasteiger partial charge in [-0.25, -0.2) is 0 Å². The van der Waals surface area contributed by atoms with E-state index < -0.39 is 0 Å². The molecule has 2 amide bonds. The van der Waals surface area contributed by atoms with Crippen LogP contribution in [0.15, 0.2) is 30.5 Å². The number of ether oxygens (including phenoxy) is 1. The lowest BCUT2D eigenvalue weighted by Gasteiger charge is -2.25. The van der Waals surface area contributed by atoms with Crippen LogP contribution in [-0.2, 0) is 20.9 Å². The van der Waals surface area contributed by atoms with E-state index in [0.29, 0.717) is 38.1 Å². The van der Waals surface area contributed by atoms with E-state index in [1.807, 2.05) is 51.8 Å². The number of hydrogen-bond donors (Lipinski definition) is 0. The summed E-state index contributed by atoms with van der Waals surface area (Å²) < 4.78 is 7.01. The number of fused-ring (bicyclic) bond motifs is 2. The molecule has 30 heavy (non-hydrogen) atoms. The second kappa shape index (κ2) is 8.60. The third-order valence-electron chi connectivity index (χ3n) is 6.34. The van der Waals surface area contributed by atoms with E-state index in [0.717, 1.165) is 23.7 Å². The lowest BCUT2D eigenvalue weighted by atomic mass is 10.1. The van der Waals surface area contributed by atoms with Crippen LogP contribution in [0.2, 0.25) is 0 Å². The van der Waals surface area contributed by atoms with Crippen molar-refractivity contribution in [3.63, 3.8) is 0 Å². The third kappa shape index (κ3) is 3.62. The summed E-state index contributed by atoms with van der Waals surface area (Å²) in [5.74, 6) is 0.203. The largest absolute Gasteiger partial charge is 0.383 e. The fourth-order valence-electron chi connectivity index (χ4n) is 4.92. The highest BCUT2D eigenvalue weighted by atomic mass is 16.5. The summed E-state index contributed by atoms with van der Waals surface area (Å²) in [6.45, 7) is 3.90. The molecule has 7 heteroatoms. The van der Waals surface area contributed by atoms with Gasteiger partial charge in [0.2, 0.25) is 11.8 Å². The molecule has 4 rings (SSSR count). The molecular weight excluding hydrogens is 382 g/mol. The number of para-hydroxylation sites is 1. The molecule has 3 heterocycles. The van der Waals surface area contributed by atoms with Crippen molar-refractivity contribution in [1.29, 1.82) is 0 Å². The van der Waals surface area contributed by atoms with Crippen LogP contribution in [0.3, 0.4) is 0 Å². The summed E-state index contributed by atoms with van der Waals surface area (Å²) in [6.07, 6.45) is 4.29. The van der Waals surface area contributed by atoms with Crippen LogP contribution in [0.25, 0.3) is 10.9 Å². The van der Waals surface area contributed by atoms with Crippen molar-refractivity contribution in [1.82, 2.24) is 14.4 Å². The Kier molecular flexibility index (Phi) is 5.90. The zero-order chi connectivity index (χ0) is 21.3. The fraction of sp³-hybridized carbons (Fsp3) is 0.522. The van der Waals surface area contributed by atoms with Gasteiger partial charge < -0.3 is 19.1 Å². The maximum Gasteiger partial charge on any atom is 0.242 e. The SMILES string of the molecule is CCCC(=O)c1cn(CC(=O)N2CC[C@H]3[C@@H]2CC(=O)N3CCOC)c2ccccc12. The van der Waals surface area contributed by atoms with E-state index in [9.17, 15) is 14.4 Å². The highest BCUT2D eigenvalue weighted by Gasteiger charge is 2.47. The highest BCUT2D eigenvalue weighted by Crippen LogP contribution is 2.33. The summed E-state index contributed by atoms with van der Waals surface area (Å²) in [7, 11) is 1.63. The number of amides is 2. The number of Topliss-reactive ketones (excluding diaryl/α,β-unsaturated/α-hetero) is 1. The van der Waals surface area contributed by atoms with E-state index in [-0.39, 0.29) is 36.2 Å². The number of carbonyl (C=O) groups excluding carboxylic acids is 3. The van der Waals surface area contributed by atoms with E-state index in [4.69, 9.17) is 4.74 Å². The first-order valence-electron chi connectivity index (χ1n) is 10.7. The number of nitrogens with zero attached hydrogens (tertiary/aromatic N) is 3. The van der Waals surface area contributed by atoms with Gasteiger partial charge in [0.25, 0.3) is 0 Å². The van der Waals surface area contributed by atoms with Gasteiger partial charge >= 0.3 is 0 Å². The number of ketones is 1. The quantitative estimate of drug-likeness (QED) is 0.626. The number of hydrogen-bond acceptors (Lipinski definition) is 4. The summed E-state index contributed by atoms with van der Waals surface area (Å²) in [5, 5.41) is 0.893. The Balaban J connectivity index is 1.53. The van der Waals surface area contributed by atoms with Gasteiger partial charge in [0.15, 0.2) is 5.78 Å². The predicted molar refractivity (Wildman–Crippen MR) is 113 cm³/mol. The highest BCUT2D eigenvalue weighted by molar-refractivity contribution is 6.08. The Morgan fingerprint density at radius 2 is 2.00 bits per heavy atom. The number of rotatable bonds is 8. The number of carbonyl (C=O) groups is 3. The van der Waals surface area contributed by atoms with Crippen LogP contribution in [0, 0.1) is 0 Å². The first-order chi connectivity index (χ1) is 14.5. The number of aromatic nitrogens is 1. The first kappa shape index (κ1) is 20.6. The Hall–Kier alpha value is -2.67. The number of likely N-dealkylation sites (tertiary alicyclic amines) is 2.